The van der Waals surface area contributed by atoms with Gasteiger partial charge in [-0.15, -0.1) is 0 Å². The summed E-state index contributed by atoms with van der Waals surface area (Å²) in [5.41, 5.74) is 1.72. The number of hydrogen-bond donors (Lipinski definition) is 1. The molecule has 0 saturated heterocycles. The van der Waals surface area contributed by atoms with Crippen LogP contribution < -0.4 is 4.72 Å². The van der Waals surface area contributed by atoms with Crippen molar-refractivity contribution in [2.75, 3.05) is 0 Å². The molecule has 2 aromatic heterocycles. The minimum absolute atomic E-state index is 0.0817. The molecule has 0 spiro atoms. The lowest BCUT2D eigenvalue weighted by Crippen LogP contribution is -2.24. The van der Waals surface area contributed by atoms with E-state index in [-0.39, 0.29) is 17.2 Å². The van der Waals surface area contributed by atoms with Crippen LogP contribution >= 0.6 is 0 Å². The molecule has 0 unspecified atom stereocenters. The van der Waals surface area contributed by atoms with Crippen LogP contribution in [0, 0.1) is 20.8 Å². The summed E-state index contributed by atoms with van der Waals surface area (Å²) in [7, 11) is -3.66. The predicted molar refractivity (Wildman–Crippen MR) is 66.8 cm³/mol. The van der Waals surface area contributed by atoms with Gasteiger partial charge in [-0.2, -0.15) is 0 Å². The fourth-order valence-corrected chi connectivity index (χ4v) is 3.03. The molecular weight excluding hydrogens is 268 g/mol. The van der Waals surface area contributed by atoms with E-state index < -0.39 is 10.0 Å². The lowest BCUT2D eigenvalue weighted by molar-refractivity contribution is 0.390. The monoisotopic (exact) mass is 282 g/mol. The first-order chi connectivity index (χ1) is 8.90. The van der Waals surface area contributed by atoms with E-state index >= 15 is 0 Å². The summed E-state index contributed by atoms with van der Waals surface area (Å²) >= 11 is 0. The molecule has 0 aromatic carbocycles. The summed E-state index contributed by atoms with van der Waals surface area (Å²) < 4.78 is 31.6. The second-order valence-electron chi connectivity index (χ2n) is 4.13. The first-order valence-corrected chi connectivity index (χ1v) is 7.08. The number of hydrogen-bond acceptors (Lipinski definition) is 6. The Labute approximate surface area is 111 Å². The Morgan fingerprint density at radius 2 is 2.00 bits per heavy atom. The second-order valence-corrected chi connectivity index (χ2v) is 5.83. The number of rotatable bonds is 4. The van der Waals surface area contributed by atoms with Crippen molar-refractivity contribution in [1.82, 2.24) is 19.8 Å². The molecule has 7 nitrogen and oxygen atoms in total. The molecule has 0 aliphatic heterocycles. The Bertz CT molecular complexity index is 674. The molecule has 2 heterocycles. The Balaban J connectivity index is 2.19. The van der Waals surface area contributed by atoms with Gasteiger partial charge in [-0.25, -0.2) is 23.1 Å². The van der Waals surface area contributed by atoms with E-state index in [1.54, 1.807) is 19.9 Å². The van der Waals surface area contributed by atoms with Crippen molar-refractivity contribution < 1.29 is 12.9 Å². The van der Waals surface area contributed by atoms with E-state index in [1.165, 1.54) is 6.33 Å². The second kappa shape index (κ2) is 5.06. The molecule has 0 aliphatic rings. The normalized spacial score (nSPS) is 11.7. The largest absolute Gasteiger partial charge is 0.360 e. The third-order valence-electron chi connectivity index (χ3n) is 2.54. The first-order valence-electron chi connectivity index (χ1n) is 5.60. The van der Waals surface area contributed by atoms with Crippen molar-refractivity contribution in [2.24, 2.45) is 0 Å². The molecule has 0 atom stereocenters. The zero-order valence-corrected chi connectivity index (χ0v) is 11.7. The summed E-state index contributed by atoms with van der Waals surface area (Å²) in [4.78, 5) is 8.02. The molecular formula is C11H14N4O3S. The van der Waals surface area contributed by atoms with Crippen LogP contribution in [0.25, 0.3) is 0 Å². The molecule has 0 radical (unpaired) electrons. The number of nitrogens with one attached hydrogen (secondary N) is 1. The van der Waals surface area contributed by atoms with Crippen molar-refractivity contribution in [2.45, 2.75) is 32.2 Å². The van der Waals surface area contributed by atoms with Gasteiger partial charge >= 0.3 is 0 Å². The van der Waals surface area contributed by atoms with Crippen LogP contribution in [0.3, 0.4) is 0 Å². The van der Waals surface area contributed by atoms with E-state index in [1.807, 2.05) is 6.92 Å². The van der Waals surface area contributed by atoms with E-state index in [9.17, 15) is 8.42 Å². The molecule has 0 saturated carbocycles. The Kier molecular flexibility index (Phi) is 3.63. The number of sulfonamides is 1. The van der Waals surface area contributed by atoms with Crippen LogP contribution in [0.2, 0.25) is 0 Å². The van der Waals surface area contributed by atoms with Crippen LogP contribution in [0.5, 0.6) is 0 Å². The van der Waals surface area contributed by atoms with Gasteiger partial charge in [-0.3, -0.25) is 0 Å². The standard InChI is InChI=1S/C11H14N4O3S/c1-7-4-10(13-6-12-7)5-14-19(16,17)11-8(2)15-18-9(11)3/h4,6,14H,5H2,1-3H3. The van der Waals surface area contributed by atoms with Crippen LogP contribution in [0.15, 0.2) is 21.8 Å². The quantitative estimate of drug-likeness (QED) is 0.893. The van der Waals surface area contributed by atoms with Crippen LogP contribution in [-0.4, -0.2) is 23.5 Å². The fraction of sp³-hybridized carbons (Fsp3) is 0.364. The smallest absolute Gasteiger partial charge is 0.246 e. The average molecular weight is 282 g/mol. The van der Waals surface area contributed by atoms with Gasteiger partial charge in [0.1, 0.15) is 16.9 Å². The molecule has 19 heavy (non-hydrogen) atoms. The van der Waals surface area contributed by atoms with E-state index in [0.29, 0.717) is 11.4 Å². The highest BCUT2D eigenvalue weighted by Gasteiger charge is 2.23. The zero-order valence-electron chi connectivity index (χ0n) is 10.8. The first kappa shape index (κ1) is 13.6. The number of aromatic nitrogens is 3. The van der Waals surface area contributed by atoms with Gasteiger partial charge < -0.3 is 4.52 Å². The van der Waals surface area contributed by atoms with Crippen molar-refractivity contribution in [3.63, 3.8) is 0 Å². The maximum atomic E-state index is 12.1. The van der Waals surface area contributed by atoms with Gasteiger partial charge in [-0.05, 0) is 26.8 Å². The van der Waals surface area contributed by atoms with E-state index in [0.717, 1.165) is 5.69 Å². The molecule has 0 amide bonds. The molecule has 102 valence electrons. The fourth-order valence-electron chi connectivity index (χ4n) is 1.71. The van der Waals surface area contributed by atoms with Crippen molar-refractivity contribution >= 4 is 10.0 Å². The van der Waals surface area contributed by atoms with Gasteiger partial charge in [-0.1, -0.05) is 5.16 Å². The van der Waals surface area contributed by atoms with Crippen LogP contribution in [0.1, 0.15) is 22.8 Å². The summed E-state index contributed by atoms with van der Waals surface area (Å²) in [5.74, 6) is 0.267. The van der Waals surface area contributed by atoms with Crippen molar-refractivity contribution in [1.29, 1.82) is 0 Å². The number of aryl methyl sites for hydroxylation is 3. The minimum Gasteiger partial charge on any atom is -0.360 e. The van der Waals surface area contributed by atoms with Gasteiger partial charge in [0, 0.05) is 5.69 Å². The van der Waals surface area contributed by atoms with Gasteiger partial charge in [0.25, 0.3) is 0 Å². The highest BCUT2D eigenvalue weighted by Crippen LogP contribution is 2.18. The highest BCUT2D eigenvalue weighted by atomic mass is 32.2. The molecule has 0 fully saturated rings. The Morgan fingerprint density at radius 1 is 1.26 bits per heavy atom. The molecule has 0 aliphatic carbocycles. The lowest BCUT2D eigenvalue weighted by atomic mass is 10.3. The van der Waals surface area contributed by atoms with Crippen molar-refractivity contribution in [3.05, 3.63) is 35.2 Å². The Morgan fingerprint density at radius 3 is 2.58 bits per heavy atom. The maximum Gasteiger partial charge on any atom is 0.246 e. The minimum atomic E-state index is -3.66. The van der Waals surface area contributed by atoms with Gasteiger partial charge in [0.15, 0.2) is 5.76 Å². The molecule has 2 rings (SSSR count). The molecule has 2 aromatic rings. The van der Waals surface area contributed by atoms with Crippen LogP contribution in [0.4, 0.5) is 0 Å². The lowest BCUT2D eigenvalue weighted by Gasteiger charge is -2.05. The molecule has 1 N–H and O–H groups in total. The average Bonchev–Trinajstić information content (AvgIpc) is 2.67. The van der Waals surface area contributed by atoms with E-state index in [2.05, 4.69) is 19.8 Å². The maximum absolute atomic E-state index is 12.1. The summed E-state index contributed by atoms with van der Waals surface area (Å²) in [6.45, 7) is 5.05. The Hall–Kier alpha value is -1.80. The predicted octanol–water partition coefficient (Wildman–Crippen LogP) is 0.868. The molecule has 0 bridgehead atoms. The molecule has 8 heteroatoms. The van der Waals surface area contributed by atoms with Gasteiger partial charge in [0.05, 0.1) is 12.2 Å². The highest BCUT2D eigenvalue weighted by molar-refractivity contribution is 7.89. The summed E-state index contributed by atoms with van der Waals surface area (Å²) in [6.07, 6.45) is 1.40. The SMILES string of the molecule is Cc1cc(CNS(=O)(=O)c2c(C)noc2C)ncn1. The van der Waals surface area contributed by atoms with E-state index in [4.69, 9.17) is 4.52 Å². The number of nitrogens with zero attached hydrogens (tertiary/aromatic N) is 3. The van der Waals surface area contributed by atoms with Crippen LogP contribution in [-0.2, 0) is 16.6 Å². The van der Waals surface area contributed by atoms with Crippen molar-refractivity contribution in [3.8, 4) is 0 Å². The summed E-state index contributed by atoms with van der Waals surface area (Å²) in [6, 6.07) is 1.72. The third-order valence-corrected chi connectivity index (χ3v) is 4.19. The zero-order chi connectivity index (χ0) is 14.0. The topological polar surface area (TPSA) is 98.0 Å². The summed E-state index contributed by atoms with van der Waals surface area (Å²) in [5, 5.41) is 3.63. The third kappa shape index (κ3) is 2.96. The van der Waals surface area contributed by atoms with Gasteiger partial charge in [0.2, 0.25) is 10.0 Å².